The molecule has 2 heterocycles. The van der Waals surface area contributed by atoms with Gasteiger partial charge in [-0.15, -0.1) is 0 Å². The van der Waals surface area contributed by atoms with Crippen LogP contribution in [0.3, 0.4) is 0 Å². The van der Waals surface area contributed by atoms with Crippen LogP contribution < -0.4 is 5.32 Å². The van der Waals surface area contributed by atoms with Gasteiger partial charge in [-0.3, -0.25) is 4.90 Å². The number of anilines is 1. The van der Waals surface area contributed by atoms with Gasteiger partial charge in [-0.1, -0.05) is 24.6 Å². The van der Waals surface area contributed by atoms with Crippen molar-refractivity contribution in [1.29, 1.82) is 0 Å². The molecule has 2 saturated heterocycles. The van der Waals surface area contributed by atoms with Crippen molar-refractivity contribution in [1.82, 2.24) is 4.90 Å². The maximum Gasteiger partial charge on any atom is 0.0701 e. The van der Waals surface area contributed by atoms with Gasteiger partial charge in [0.2, 0.25) is 0 Å². The predicted molar refractivity (Wildman–Crippen MR) is 73.6 cm³/mol. The van der Waals surface area contributed by atoms with Crippen molar-refractivity contribution in [3.05, 3.63) is 29.8 Å². The average molecular weight is 246 g/mol. The van der Waals surface area contributed by atoms with E-state index >= 15 is 0 Å². The van der Waals surface area contributed by atoms with Gasteiger partial charge in [-0.25, -0.2) is 0 Å². The average Bonchev–Trinajstić information content (AvgIpc) is 2.83. The Labute approximate surface area is 109 Å². The molecular weight excluding hydrogens is 224 g/mol. The normalized spacial score (nSPS) is 28.1. The highest BCUT2D eigenvalue weighted by Gasteiger charge is 2.35. The summed E-state index contributed by atoms with van der Waals surface area (Å²) in [5, 5.41) is 13.0. The Bertz CT molecular complexity index is 407. The van der Waals surface area contributed by atoms with Gasteiger partial charge in [0.25, 0.3) is 0 Å². The monoisotopic (exact) mass is 246 g/mol. The lowest BCUT2D eigenvalue weighted by molar-refractivity contribution is 0.192. The molecule has 1 aromatic carbocycles. The van der Waals surface area contributed by atoms with E-state index in [0.29, 0.717) is 12.1 Å². The van der Waals surface area contributed by atoms with Gasteiger partial charge in [-0.05, 0) is 31.9 Å². The molecule has 1 aromatic rings. The molecule has 0 saturated carbocycles. The van der Waals surface area contributed by atoms with Gasteiger partial charge in [0.1, 0.15) is 0 Å². The van der Waals surface area contributed by atoms with Crippen molar-refractivity contribution in [2.75, 3.05) is 18.4 Å². The van der Waals surface area contributed by atoms with E-state index in [4.69, 9.17) is 0 Å². The fraction of sp³-hybridized carbons (Fsp3) is 0.600. The standard InChI is InChI=1S/C15H22N2O/c18-11-12-5-1-2-6-13(12)16-14-8-10-17-9-4-3-7-15(14)17/h1-2,5-6,14-16,18H,3-4,7-11H2. The van der Waals surface area contributed by atoms with Crippen LogP contribution in [0.1, 0.15) is 31.2 Å². The quantitative estimate of drug-likeness (QED) is 0.858. The van der Waals surface area contributed by atoms with Crippen LogP contribution in [0.15, 0.2) is 24.3 Å². The summed E-state index contributed by atoms with van der Waals surface area (Å²) in [7, 11) is 0. The Kier molecular flexibility index (Phi) is 3.52. The molecule has 3 nitrogen and oxygen atoms in total. The highest BCUT2D eigenvalue weighted by Crippen LogP contribution is 2.30. The molecule has 2 N–H and O–H groups in total. The fourth-order valence-corrected chi connectivity index (χ4v) is 3.41. The van der Waals surface area contributed by atoms with E-state index in [9.17, 15) is 5.11 Å². The number of hydrogen-bond donors (Lipinski definition) is 2. The van der Waals surface area contributed by atoms with Crippen LogP contribution in [0.4, 0.5) is 5.69 Å². The minimum absolute atomic E-state index is 0.115. The first kappa shape index (κ1) is 12.0. The van der Waals surface area contributed by atoms with E-state index in [0.717, 1.165) is 11.3 Å². The van der Waals surface area contributed by atoms with Gasteiger partial charge < -0.3 is 10.4 Å². The number of rotatable bonds is 3. The smallest absolute Gasteiger partial charge is 0.0701 e. The highest BCUT2D eigenvalue weighted by atomic mass is 16.3. The Balaban J connectivity index is 1.72. The zero-order chi connectivity index (χ0) is 12.4. The maximum atomic E-state index is 9.37. The number of benzene rings is 1. The third kappa shape index (κ3) is 2.25. The van der Waals surface area contributed by atoms with E-state index in [-0.39, 0.29) is 6.61 Å². The fourth-order valence-electron chi connectivity index (χ4n) is 3.41. The van der Waals surface area contributed by atoms with E-state index in [1.165, 1.54) is 38.8 Å². The molecule has 2 aliphatic heterocycles. The second kappa shape index (κ2) is 5.29. The van der Waals surface area contributed by atoms with Gasteiger partial charge in [0.15, 0.2) is 0 Å². The number of nitrogens with one attached hydrogen (secondary N) is 1. The summed E-state index contributed by atoms with van der Waals surface area (Å²) in [5.41, 5.74) is 2.11. The second-order valence-electron chi connectivity index (χ2n) is 5.45. The summed E-state index contributed by atoms with van der Waals surface area (Å²) in [5.74, 6) is 0. The van der Waals surface area contributed by atoms with Crippen molar-refractivity contribution >= 4 is 5.69 Å². The van der Waals surface area contributed by atoms with Crippen molar-refractivity contribution in [2.24, 2.45) is 0 Å². The molecule has 18 heavy (non-hydrogen) atoms. The lowest BCUT2D eigenvalue weighted by Crippen LogP contribution is -2.41. The second-order valence-corrected chi connectivity index (χ2v) is 5.45. The van der Waals surface area contributed by atoms with Gasteiger partial charge in [0.05, 0.1) is 6.61 Å². The van der Waals surface area contributed by atoms with Crippen LogP contribution >= 0.6 is 0 Å². The molecule has 98 valence electrons. The van der Waals surface area contributed by atoms with Gasteiger partial charge >= 0.3 is 0 Å². The summed E-state index contributed by atoms with van der Waals surface area (Å²) < 4.78 is 0. The summed E-state index contributed by atoms with van der Waals surface area (Å²) in [6.45, 7) is 2.61. The topological polar surface area (TPSA) is 35.5 Å². The van der Waals surface area contributed by atoms with Crippen LogP contribution in [0.25, 0.3) is 0 Å². The Morgan fingerprint density at radius 2 is 2.06 bits per heavy atom. The maximum absolute atomic E-state index is 9.37. The van der Waals surface area contributed by atoms with Crippen molar-refractivity contribution < 1.29 is 5.11 Å². The number of nitrogens with zero attached hydrogens (tertiary/aromatic N) is 1. The third-order valence-corrected chi connectivity index (χ3v) is 4.38. The number of aliphatic hydroxyl groups excluding tert-OH is 1. The zero-order valence-corrected chi connectivity index (χ0v) is 10.8. The molecule has 0 spiro atoms. The van der Waals surface area contributed by atoms with Gasteiger partial charge in [-0.2, -0.15) is 0 Å². The molecule has 2 fully saturated rings. The first-order valence-corrected chi connectivity index (χ1v) is 7.08. The molecule has 3 heteroatoms. The molecule has 2 unspecified atom stereocenters. The number of piperidine rings is 1. The summed E-state index contributed by atoms with van der Waals surface area (Å²) in [6, 6.07) is 9.35. The number of para-hydroxylation sites is 1. The molecular formula is C15H22N2O. The Morgan fingerprint density at radius 3 is 2.94 bits per heavy atom. The van der Waals surface area contributed by atoms with Crippen LogP contribution in [0.5, 0.6) is 0 Å². The predicted octanol–water partition coefficient (Wildman–Crippen LogP) is 2.22. The van der Waals surface area contributed by atoms with E-state index in [2.05, 4.69) is 16.3 Å². The zero-order valence-electron chi connectivity index (χ0n) is 10.8. The highest BCUT2D eigenvalue weighted by molar-refractivity contribution is 5.51. The van der Waals surface area contributed by atoms with Crippen molar-refractivity contribution in [2.45, 2.75) is 44.4 Å². The first-order chi connectivity index (χ1) is 8.88. The largest absolute Gasteiger partial charge is 0.392 e. The van der Waals surface area contributed by atoms with E-state index in [1.807, 2.05) is 18.2 Å². The van der Waals surface area contributed by atoms with E-state index < -0.39 is 0 Å². The van der Waals surface area contributed by atoms with E-state index in [1.54, 1.807) is 0 Å². The van der Waals surface area contributed by atoms with Gasteiger partial charge in [0, 0.05) is 29.9 Å². The third-order valence-electron chi connectivity index (χ3n) is 4.38. The van der Waals surface area contributed by atoms with Crippen LogP contribution in [-0.4, -0.2) is 35.2 Å². The first-order valence-electron chi connectivity index (χ1n) is 7.08. The molecule has 2 atom stereocenters. The van der Waals surface area contributed by atoms with Crippen molar-refractivity contribution in [3.8, 4) is 0 Å². The molecule has 2 aliphatic rings. The Hall–Kier alpha value is -1.06. The molecule has 3 rings (SSSR count). The minimum atomic E-state index is 0.115. The molecule has 0 aromatic heterocycles. The Morgan fingerprint density at radius 1 is 1.17 bits per heavy atom. The molecule has 0 amide bonds. The van der Waals surface area contributed by atoms with Crippen LogP contribution in [0.2, 0.25) is 0 Å². The number of fused-ring (bicyclic) bond motifs is 1. The molecule has 0 aliphatic carbocycles. The number of aliphatic hydroxyl groups is 1. The van der Waals surface area contributed by atoms with Crippen LogP contribution in [-0.2, 0) is 6.61 Å². The summed E-state index contributed by atoms with van der Waals surface area (Å²) in [6.07, 6.45) is 5.26. The molecule has 0 radical (unpaired) electrons. The lowest BCUT2D eigenvalue weighted by atomic mass is 9.98. The minimum Gasteiger partial charge on any atom is -0.392 e. The lowest BCUT2D eigenvalue weighted by Gasteiger charge is -2.33. The number of hydrogen-bond acceptors (Lipinski definition) is 3. The summed E-state index contributed by atoms with van der Waals surface area (Å²) >= 11 is 0. The summed E-state index contributed by atoms with van der Waals surface area (Å²) in [4.78, 5) is 2.63. The molecule has 0 bridgehead atoms. The SMILES string of the molecule is OCc1ccccc1NC1CCN2CCCCC12. The van der Waals surface area contributed by atoms with Crippen LogP contribution in [0, 0.1) is 0 Å². The van der Waals surface area contributed by atoms with Crippen molar-refractivity contribution in [3.63, 3.8) is 0 Å².